The number of hydrogen-bond donors (Lipinski definition) is 2. The van der Waals surface area contributed by atoms with Crippen molar-refractivity contribution in [1.29, 1.82) is 0 Å². The smallest absolute Gasteiger partial charge is 0.191 e. The predicted octanol–water partition coefficient (Wildman–Crippen LogP) is 2.58. The normalized spacial score (nSPS) is 23.4. The van der Waals surface area contributed by atoms with Gasteiger partial charge in [-0.05, 0) is 40.0 Å². The molecule has 0 aliphatic heterocycles. The van der Waals surface area contributed by atoms with E-state index in [0.717, 1.165) is 25.9 Å². The highest BCUT2D eigenvalue weighted by atomic mass is 127. The summed E-state index contributed by atoms with van der Waals surface area (Å²) in [7, 11) is -1.43. The van der Waals surface area contributed by atoms with Gasteiger partial charge in [0.2, 0.25) is 0 Å². The fourth-order valence-corrected chi connectivity index (χ4v) is 3.71. The molecule has 1 saturated carbocycles. The SMILES string of the molecule is CCOC1CC(NC(=NC)NCC(C)(C)S(C)(=O)=O)C1(CC)CC.I. The topological polar surface area (TPSA) is 79.8 Å². The Morgan fingerprint density at radius 1 is 1.28 bits per heavy atom. The standard InChI is InChI=1S/C17H35N3O3S.HI/c1-8-17(9-2)13(11-14(17)23-10-3)20-15(18-6)19-12-16(4,5)24(7,21)22;/h13-14H,8-12H2,1-7H3,(H2,18,19,20);1H. The van der Waals surface area contributed by atoms with Crippen molar-refractivity contribution in [2.45, 2.75) is 70.8 Å². The van der Waals surface area contributed by atoms with E-state index in [1.165, 1.54) is 6.26 Å². The van der Waals surface area contributed by atoms with Crippen LogP contribution in [0.15, 0.2) is 4.99 Å². The first-order chi connectivity index (χ1) is 11.1. The number of guanidine groups is 1. The van der Waals surface area contributed by atoms with Crippen LogP contribution in [0, 0.1) is 5.41 Å². The second-order valence-corrected chi connectivity index (χ2v) is 9.92. The lowest BCUT2D eigenvalue weighted by Gasteiger charge is -2.55. The number of rotatable bonds is 8. The molecular formula is C17H36IN3O3S. The van der Waals surface area contributed by atoms with Gasteiger partial charge in [0, 0.05) is 37.9 Å². The molecule has 0 aromatic carbocycles. The number of halogens is 1. The molecular weight excluding hydrogens is 453 g/mol. The number of ether oxygens (including phenoxy) is 1. The quantitative estimate of drug-likeness (QED) is 0.311. The maximum Gasteiger partial charge on any atom is 0.191 e. The summed E-state index contributed by atoms with van der Waals surface area (Å²) in [5.74, 6) is 0.651. The highest BCUT2D eigenvalue weighted by Crippen LogP contribution is 2.48. The molecule has 6 nitrogen and oxygen atoms in total. The zero-order valence-electron chi connectivity index (χ0n) is 16.7. The summed E-state index contributed by atoms with van der Waals surface area (Å²) in [6, 6.07) is 0.289. The van der Waals surface area contributed by atoms with E-state index >= 15 is 0 Å². The first-order valence-electron chi connectivity index (χ1n) is 8.86. The van der Waals surface area contributed by atoms with E-state index in [4.69, 9.17) is 4.74 Å². The average molecular weight is 489 g/mol. The van der Waals surface area contributed by atoms with Crippen LogP contribution in [0.4, 0.5) is 0 Å². The molecule has 0 spiro atoms. The van der Waals surface area contributed by atoms with Crippen LogP contribution in [-0.4, -0.2) is 57.7 Å². The fourth-order valence-electron chi connectivity index (χ4n) is 3.37. The number of sulfone groups is 1. The molecule has 8 heteroatoms. The van der Waals surface area contributed by atoms with Crippen LogP contribution in [0.2, 0.25) is 0 Å². The lowest BCUT2D eigenvalue weighted by atomic mass is 9.58. The Hall–Kier alpha value is -0.0900. The van der Waals surface area contributed by atoms with Gasteiger partial charge in [0.15, 0.2) is 15.8 Å². The summed E-state index contributed by atoms with van der Waals surface area (Å²) < 4.78 is 28.7. The van der Waals surface area contributed by atoms with Crippen molar-refractivity contribution in [3.63, 3.8) is 0 Å². The van der Waals surface area contributed by atoms with Gasteiger partial charge in [-0.25, -0.2) is 8.42 Å². The third kappa shape index (κ3) is 5.45. The van der Waals surface area contributed by atoms with E-state index in [1.807, 2.05) is 6.92 Å². The van der Waals surface area contributed by atoms with Gasteiger partial charge < -0.3 is 15.4 Å². The van der Waals surface area contributed by atoms with Gasteiger partial charge in [0.05, 0.1) is 10.9 Å². The summed E-state index contributed by atoms with van der Waals surface area (Å²) in [6.45, 7) is 10.9. The van der Waals surface area contributed by atoms with Gasteiger partial charge in [-0.15, -0.1) is 24.0 Å². The number of nitrogens with zero attached hydrogens (tertiary/aromatic N) is 1. The van der Waals surface area contributed by atoms with E-state index < -0.39 is 14.6 Å². The van der Waals surface area contributed by atoms with E-state index in [-0.39, 0.29) is 41.5 Å². The molecule has 2 unspecified atom stereocenters. The average Bonchev–Trinajstić information content (AvgIpc) is 2.49. The first kappa shape index (κ1) is 24.9. The third-order valence-corrected chi connectivity index (χ3v) is 7.84. The molecule has 0 aromatic rings. The molecule has 1 fully saturated rings. The van der Waals surface area contributed by atoms with Gasteiger partial charge in [0.1, 0.15) is 0 Å². The molecule has 25 heavy (non-hydrogen) atoms. The van der Waals surface area contributed by atoms with Crippen molar-refractivity contribution >= 4 is 39.8 Å². The molecule has 150 valence electrons. The first-order valence-corrected chi connectivity index (χ1v) is 10.8. The van der Waals surface area contributed by atoms with Crippen LogP contribution in [0.1, 0.15) is 53.9 Å². The highest BCUT2D eigenvalue weighted by molar-refractivity contribution is 14.0. The van der Waals surface area contributed by atoms with Gasteiger partial charge >= 0.3 is 0 Å². The molecule has 0 aromatic heterocycles. The monoisotopic (exact) mass is 489 g/mol. The molecule has 0 heterocycles. The minimum absolute atomic E-state index is 0. The van der Waals surface area contributed by atoms with Crippen molar-refractivity contribution in [2.75, 3.05) is 26.5 Å². The Bertz CT molecular complexity index is 545. The zero-order valence-corrected chi connectivity index (χ0v) is 19.8. The highest BCUT2D eigenvalue weighted by Gasteiger charge is 2.53. The maximum atomic E-state index is 11.8. The molecule has 0 saturated heterocycles. The summed E-state index contributed by atoms with van der Waals surface area (Å²) in [4.78, 5) is 4.26. The van der Waals surface area contributed by atoms with Crippen LogP contribution in [-0.2, 0) is 14.6 Å². The number of hydrogen-bond acceptors (Lipinski definition) is 4. The summed E-state index contributed by atoms with van der Waals surface area (Å²) in [5, 5.41) is 6.64. The molecule has 2 atom stereocenters. The fraction of sp³-hybridized carbons (Fsp3) is 0.941. The van der Waals surface area contributed by atoms with E-state index in [9.17, 15) is 8.42 Å². The predicted molar refractivity (Wildman–Crippen MR) is 116 cm³/mol. The van der Waals surface area contributed by atoms with Crippen LogP contribution in [0.25, 0.3) is 0 Å². The summed E-state index contributed by atoms with van der Waals surface area (Å²) >= 11 is 0. The molecule has 1 aliphatic carbocycles. The van der Waals surface area contributed by atoms with Gasteiger partial charge in [-0.3, -0.25) is 4.99 Å². The van der Waals surface area contributed by atoms with Crippen LogP contribution < -0.4 is 10.6 Å². The molecule has 0 radical (unpaired) electrons. The lowest BCUT2D eigenvalue weighted by molar-refractivity contribution is -0.133. The lowest BCUT2D eigenvalue weighted by Crippen LogP contribution is -2.66. The van der Waals surface area contributed by atoms with Crippen LogP contribution >= 0.6 is 24.0 Å². The molecule has 2 N–H and O–H groups in total. The summed E-state index contributed by atoms with van der Waals surface area (Å²) in [5.41, 5.74) is 0.111. The van der Waals surface area contributed by atoms with Gasteiger partial charge in [0.25, 0.3) is 0 Å². The molecule has 1 rings (SSSR count). The summed E-state index contributed by atoms with van der Waals surface area (Å²) in [6.07, 6.45) is 4.57. The number of aliphatic imine (C=N–C) groups is 1. The third-order valence-electron chi connectivity index (χ3n) is 5.69. The minimum Gasteiger partial charge on any atom is -0.378 e. The van der Waals surface area contributed by atoms with Crippen molar-refractivity contribution in [3.8, 4) is 0 Å². The largest absolute Gasteiger partial charge is 0.378 e. The Morgan fingerprint density at radius 2 is 1.84 bits per heavy atom. The molecule has 1 aliphatic rings. The van der Waals surface area contributed by atoms with Crippen LogP contribution in [0.5, 0.6) is 0 Å². The Kier molecular flexibility index (Phi) is 9.70. The minimum atomic E-state index is -3.14. The zero-order chi connectivity index (χ0) is 18.6. The second kappa shape index (κ2) is 9.73. The van der Waals surface area contributed by atoms with E-state index in [2.05, 4.69) is 29.5 Å². The van der Waals surface area contributed by atoms with E-state index in [1.54, 1.807) is 20.9 Å². The van der Waals surface area contributed by atoms with Gasteiger partial charge in [-0.2, -0.15) is 0 Å². The second-order valence-electron chi connectivity index (χ2n) is 7.27. The van der Waals surface area contributed by atoms with Crippen LogP contribution in [0.3, 0.4) is 0 Å². The Labute approximate surface area is 170 Å². The van der Waals surface area contributed by atoms with Crippen molar-refractivity contribution in [1.82, 2.24) is 10.6 Å². The number of nitrogens with one attached hydrogen (secondary N) is 2. The molecule has 0 bridgehead atoms. The van der Waals surface area contributed by atoms with Crippen molar-refractivity contribution in [2.24, 2.45) is 10.4 Å². The Balaban J connectivity index is 0.00000576. The Morgan fingerprint density at radius 3 is 2.24 bits per heavy atom. The van der Waals surface area contributed by atoms with E-state index in [0.29, 0.717) is 12.5 Å². The molecule has 0 amide bonds. The van der Waals surface area contributed by atoms with Gasteiger partial charge in [-0.1, -0.05) is 13.8 Å². The van der Waals surface area contributed by atoms with Crippen molar-refractivity contribution in [3.05, 3.63) is 0 Å². The maximum absolute atomic E-state index is 11.8. The van der Waals surface area contributed by atoms with Crippen molar-refractivity contribution < 1.29 is 13.2 Å².